The first-order valence-corrected chi connectivity index (χ1v) is 8.92. The zero-order valence-electron chi connectivity index (χ0n) is 11.3. The molecule has 0 radical (unpaired) electrons. The Morgan fingerprint density at radius 2 is 2.14 bits per heavy atom. The number of piperidine rings is 1. The lowest BCUT2D eigenvalue weighted by molar-refractivity contribution is -0.384. The van der Waals surface area contributed by atoms with E-state index in [1.54, 1.807) is 7.11 Å². The van der Waals surface area contributed by atoms with Crippen molar-refractivity contribution in [2.75, 3.05) is 26.8 Å². The van der Waals surface area contributed by atoms with Crippen LogP contribution in [0.1, 0.15) is 12.8 Å². The van der Waals surface area contributed by atoms with Crippen molar-refractivity contribution in [3.05, 3.63) is 20.5 Å². The number of sulfonamides is 1. The fourth-order valence-corrected chi connectivity index (χ4v) is 5.56. The minimum atomic E-state index is -3.71. The molecule has 0 amide bonds. The van der Waals surface area contributed by atoms with Crippen LogP contribution in [-0.4, -0.2) is 44.5 Å². The van der Waals surface area contributed by atoms with Crippen LogP contribution in [0.3, 0.4) is 0 Å². The average molecular weight is 355 g/mol. The summed E-state index contributed by atoms with van der Waals surface area (Å²) in [4.78, 5) is 10.1. The van der Waals surface area contributed by atoms with E-state index in [1.807, 2.05) is 0 Å². The molecule has 7 nitrogen and oxygen atoms in total. The third kappa shape index (κ3) is 3.54. The van der Waals surface area contributed by atoms with E-state index in [2.05, 4.69) is 0 Å². The molecule has 1 saturated heterocycles. The molecule has 2 rings (SSSR count). The van der Waals surface area contributed by atoms with Gasteiger partial charge in [0.15, 0.2) is 4.34 Å². The van der Waals surface area contributed by atoms with E-state index in [1.165, 1.54) is 4.31 Å². The van der Waals surface area contributed by atoms with Gasteiger partial charge in [-0.1, -0.05) is 11.6 Å². The van der Waals surface area contributed by atoms with Crippen molar-refractivity contribution in [1.82, 2.24) is 4.31 Å². The summed E-state index contributed by atoms with van der Waals surface area (Å²) in [7, 11) is -2.09. The van der Waals surface area contributed by atoms with Crippen LogP contribution in [0.5, 0.6) is 0 Å². The highest BCUT2D eigenvalue weighted by Crippen LogP contribution is 2.38. The van der Waals surface area contributed by atoms with Crippen LogP contribution in [0.2, 0.25) is 4.34 Å². The summed E-state index contributed by atoms with van der Waals surface area (Å²) in [6.07, 6.45) is 1.43. The van der Waals surface area contributed by atoms with Gasteiger partial charge in [0.1, 0.15) is 4.21 Å². The summed E-state index contributed by atoms with van der Waals surface area (Å²) in [6, 6.07) is 1.03. The fraction of sp³-hybridized carbons (Fsp3) is 0.636. The number of rotatable bonds is 5. The Bertz CT molecular complexity index is 623. The molecule has 0 aromatic carbocycles. The molecule has 118 valence electrons. The minimum Gasteiger partial charge on any atom is -0.384 e. The maximum atomic E-state index is 12.5. The summed E-state index contributed by atoms with van der Waals surface area (Å²) in [5.74, 6) is 0.350. The molecule has 1 aliphatic rings. The first kappa shape index (κ1) is 16.6. The van der Waals surface area contributed by atoms with Gasteiger partial charge >= 0.3 is 0 Å². The van der Waals surface area contributed by atoms with Crippen molar-refractivity contribution in [1.29, 1.82) is 0 Å². The number of methoxy groups -OCH3 is 1. The lowest BCUT2D eigenvalue weighted by Crippen LogP contribution is -2.39. The third-order valence-corrected chi connectivity index (χ3v) is 7.10. The number of halogens is 1. The topological polar surface area (TPSA) is 89.8 Å². The first-order valence-electron chi connectivity index (χ1n) is 6.29. The van der Waals surface area contributed by atoms with E-state index in [0.717, 1.165) is 17.4 Å². The maximum absolute atomic E-state index is 12.5. The SMILES string of the molecule is COCC1CCN(S(=O)(=O)c2cc([N+](=O)[O-])c(Cl)s2)CC1. The van der Waals surface area contributed by atoms with Gasteiger partial charge in [-0.05, 0) is 18.8 Å². The van der Waals surface area contributed by atoms with Crippen molar-refractivity contribution in [3.8, 4) is 0 Å². The van der Waals surface area contributed by atoms with E-state index in [4.69, 9.17) is 16.3 Å². The number of hydrogen-bond acceptors (Lipinski definition) is 6. The molecule has 21 heavy (non-hydrogen) atoms. The molecular weight excluding hydrogens is 340 g/mol. The van der Waals surface area contributed by atoms with E-state index >= 15 is 0 Å². The largest absolute Gasteiger partial charge is 0.384 e. The number of ether oxygens (including phenoxy) is 1. The maximum Gasteiger partial charge on any atom is 0.300 e. The summed E-state index contributed by atoms with van der Waals surface area (Å²) in [5, 5.41) is 10.8. The molecule has 1 aliphatic heterocycles. The Hall–Kier alpha value is -0.740. The summed E-state index contributed by atoms with van der Waals surface area (Å²) >= 11 is 6.45. The van der Waals surface area contributed by atoms with Crippen LogP contribution in [0.25, 0.3) is 0 Å². The second-order valence-corrected chi connectivity index (χ2v) is 8.60. The predicted molar refractivity (Wildman–Crippen MR) is 79.3 cm³/mol. The van der Waals surface area contributed by atoms with Crippen LogP contribution < -0.4 is 0 Å². The molecule has 0 N–H and O–H groups in total. The highest BCUT2D eigenvalue weighted by molar-refractivity contribution is 7.91. The van der Waals surface area contributed by atoms with Crippen molar-refractivity contribution >= 4 is 38.6 Å². The van der Waals surface area contributed by atoms with Crippen molar-refractivity contribution in [2.45, 2.75) is 17.1 Å². The van der Waals surface area contributed by atoms with Gasteiger partial charge in [-0.15, -0.1) is 11.3 Å². The molecule has 2 heterocycles. The zero-order valence-corrected chi connectivity index (χ0v) is 13.7. The Labute approximate surface area is 131 Å². The van der Waals surface area contributed by atoms with Crippen LogP contribution in [-0.2, 0) is 14.8 Å². The quantitative estimate of drug-likeness (QED) is 0.598. The molecule has 0 atom stereocenters. The predicted octanol–water partition coefficient (Wildman–Crippen LogP) is 2.36. The van der Waals surface area contributed by atoms with Crippen LogP contribution >= 0.6 is 22.9 Å². The normalized spacial score (nSPS) is 18.0. The Balaban J connectivity index is 2.16. The van der Waals surface area contributed by atoms with Gasteiger partial charge in [-0.2, -0.15) is 4.31 Å². The molecule has 10 heteroatoms. The Morgan fingerprint density at radius 3 is 2.62 bits per heavy atom. The number of nitrogens with zero attached hydrogens (tertiary/aromatic N) is 2. The second-order valence-electron chi connectivity index (χ2n) is 4.78. The lowest BCUT2D eigenvalue weighted by atomic mass is 9.99. The molecule has 0 spiro atoms. The van der Waals surface area contributed by atoms with Gasteiger partial charge in [-0.3, -0.25) is 10.1 Å². The third-order valence-electron chi connectivity index (χ3n) is 3.41. The van der Waals surface area contributed by atoms with E-state index < -0.39 is 14.9 Å². The van der Waals surface area contributed by atoms with Crippen LogP contribution in [0, 0.1) is 16.0 Å². The van der Waals surface area contributed by atoms with Crippen LogP contribution in [0.15, 0.2) is 10.3 Å². The molecular formula is C11H15ClN2O5S2. The average Bonchev–Trinajstić information content (AvgIpc) is 2.83. The van der Waals surface area contributed by atoms with Gasteiger partial charge in [-0.25, -0.2) is 8.42 Å². The molecule has 0 unspecified atom stereocenters. The lowest BCUT2D eigenvalue weighted by Gasteiger charge is -2.30. The van der Waals surface area contributed by atoms with Crippen LogP contribution in [0.4, 0.5) is 5.69 Å². The molecule has 0 aliphatic carbocycles. The van der Waals surface area contributed by atoms with Gasteiger partial charge < -0.3 is 4.74 Å². The van der Waals surface area contributed by atoms with Gasteiger partial charge in [0.2, 0.25) is 0 Å². The standard InChI is InChI=1S/C11H15ClN2O5S2/c1-19-7-8-2-4-13(5-3-8)21(17,18)10-6-9(14(15)16)11(12)20-10/h6,8H,2-5,7H2,1H3. The Kier molecular flexibility index (Phi) is 5.20. The highest BCUT2D eigenvalue weighted by Gasteiger charge is 2.33. The summed E-state index contributed by atoms with van der Waals surface area (Å²) in [5.41, 5.74) is -0.366. The van der Waals surface area contributed by atoms with Crippen molar-refractivity contribution < 1.29 is 18.1 Å². The molecule has 1 aromatic rings. The zero-order chi connectivity index (χ0) is 15.6. The molecule has 1 aromatic heterocycles. The number of nitro groups is 1. The second kappa shape index (κ2) is 6.57. The van der Waals surface area contributed by atoms with Gasteiger partial charge in [0, 0.05) is 32.9 Å². The van der Waals surface area contributed by atoms with Crippen molar-refractivity contribution in [3.63, 3.8) is 0 Å². The number of hydrogen-bond donors (Lipinski definition) is 0. The van der Waals surface area contributed by atoms with Gasteiger partial charge in [0.25, 0.3) is 15.7 Å². The molecule has 1 fully saturated rings. The highest BCUT2D eigenvalue weighted by atomic mass is 35.5. The van der Waals surface area contributed by atoms with Gasteiger partial charge in [0.05, 0.1) is 4.92 Å². The smallest absolute Gasteiger partial charge is 0.300 e. The summed E-state index contributed by atoms with van der Waals surface area (Å²) < 4.78 is 31.2. The minimum absolute atomic E-state index is 0.0793. The van der Waals surface area contributed by atoms with E-state index in [9.17, 15) is 18.5 Å². The fourth-order valence-electron chi connectivity index (χ4n) is 2.27. The van der Waals surface area contributed by atoms with E-state index in [-0.39, 0.29) is 14.2 Å². The summed E-state index contributed by atoms with van der Waals surface area (Å²) in [6.45, 7) is 1.39. The first-order chi connectivity index (χ1) is 9.86. The molecule has 0 bridgehead atoms. The molecule has 0 saturated carbocycles. The van der Waals surface area contributed by atoms with E-state index in [0.29, 0.717) is 38.5 Å². The monoisotopic (exact) mass is 354 g/mol. The van der Waals surface area contributed by atoms with Crippen molar-refractivity contribution in [2.24, 2.45) is 5.92 Å². The Morgan fingerprint density at radius 1 is 1.52 bits per heavy atom. The number of thiophene rings is 1.